The van der Waals surface area contributed by atoms with Crippen LogP contribution in [0.15, 0.2) is 48.5 Å². The van der Waals surface area contributed by atoms with Crippen LogP contribution >= 0.6 is 11.6 Å². The van der Waals surface area contributed by atoms with Crippen LogP contribution in [-0.4, -0.2) is 32.5 Å². The van der Waals surface area contributed by atoms with Gasteiger partial charge in [0.05, 0.1) is 11.4 Å². The van der Waals surface area contributed by atoms with E-state index in [1.54, 1.807) is 24.3 Å². The minimum atomic E-state index is -0.680. The van der Waals surface area contributed by atoms with E-state index >= 15 is 0 Å². The van der Waals surface area contributed by atoms with Gasteiger partial charge in [0.2, 0.25) is 0 Å². The summed E-state index contributed by atoms with van der Waals surface area (Å²) >= 11 is 5.82. The van der Waals surface area contributed by atoms with Gasteiger partial charge in [0.15, 0.2) is 0 Å². The Balaban J connectivity index is 1.86. The highest BCUT2D eigenvalue weighted by Gasteiger charge is 2.15. The van der Waals surface area contributed by atoms with Gasteiger partial charge >= 0.3 is 11.8 Å². The molecule has 0 spiro atoms. The molecule has 2 amide bonds. The summed E-state index contributed by atoms with van der Waals surface area (Å²) in [5.74, 6) is -1.34. The van der Waals surface area contributed by atoms with E-state index in [1.807, 2.05) is 43.3 Å². The Morgan fingerprint density at radius 1 is 1.00 bits per heavy atom. The third-order valence-electron chi connectivity index (χ3n) is 3.45. The smallest absolute Gasteiger partial charge is 0.313 e. The van der Waals surface area contributed by atoms with Crippen LogP contribution < -0.4 is 15.5 Å². The minimum Gasteiger partial charge on any atom is -0.376 e. The van der Waals surface area contributed by atoms with E-state index in [0.717, 1.165) is 11.3 Å². The maximum Gasteiger partial charge on any atom is 0.313 e. The highest BCUT2D eigenvalue weighted by Crippen LogP contribution is 2.23. The van der Waals surface area contributed by atoms with Crippen molar-refractivity contribution < 1.29 is 9.59 Å². The first kappa shape index (κ1) is 17.8. The number of carbonyl (C=O) groups is 2. The molecule has 0 saturated heterocycles. The van der Waals surface area contributed by atoms with Crippen LogP contribution in [-0.2, 0) is 16.0 Å². The number of anilines is 2. The van der Waals surface area contributed by atoms with E-state index in [0.29, 0.717) is 23.7 Å². The Kier molecular flexibility index (Phi) is 6.21. The SMILES string of the molecule is CN(C)c1ccccc1NC(=O)C(=O)NCCc1ccc(Cl)cc1. The van der Waals surface area contributed by atoms with Crippen molar-refractivity contribution in [3.63, 3.8) is 0 Å². The van der Waals surface area contributed by atoms with Crippen molar-refractivity contribution in [3.05, 3.63) is 59.1 Å². The zero-order valence-electron chi connectivity index (χ0n) is 13.7. The number of halogens is 1. The number of hydrogen-bond donors (Lipinski definition) is 2. The largest absolute Gasteiger partial charge is 0.376 e. The molecule has 0 bridgehead atoms. The number of para-hydroxylation sites is 2. The first-order chi connectivity index (χ1) is 11.5. The molecule has 2 aromatic carbocycles. The highest BCUT2D eigenvalue weighted by atomic mass is 35.5. The highest BCUT2D eigenvalue weighted by molar-refractivity contribution is 6.39. The Morgan fingerprint density at radius 3 is 2.33 bits per heavy atom. The molecule has 24 heavy (non-hydrogen) atoms. The summed E-state index contributed by atoms with van der Waals surface area (Å²) in [5.41, 5.74) is 2.47. The van der Waals surface area contributed by atoms with E-state index in [4.69, 9.17) is 11.6 Å². The Labute approximate surface area is 146 Å². The van der Waals surface area contributed by atoms with Crippen molar-refractivity contribution in [1.82, 2.24) is 5.32 Å². The molecule has 2 aromatic rings. The molecule has 2 rings (SSSR count). The van der Waals surface area contributed by atoms with Gasteiger partial charge in [0.25, 0.3) is 0 Å². The average molecular weight is 346 g/mol. The van der Waals surface area contributed by atoms with E-state index in [9.17, 15) is 9.59 Å². The van der Waals surface area contributed by atoms with Crippen LogP contribution in [0.2, 0.25) is 5.02 Å². The molecule has 0 radical (unpaired) electrons. The molecular weight excluding hydrogens is 326 g/mol. The number of hydrogen-bond acceptors (Lipinski definition) is 3. The van der Waals surface area contributed by atoms with Gasteiger partial charge in [-0.2, -0.15) is 0 Å². The van der Waals surface area contributed by atoms with E-state index in [2.05, 4.69) is 10.6 Å². The van der Waals surface area contributed by atoms with Crippen molar-refractivity contribution in [2.24, 2.45) is 0 Å². The normalized spacial score (nSPS) is 10.1. The molecule has 0 aliphatic carbocycles. The number of nitrogens with one attached hydrogen (secondary N) is 2. The van der Waals surface area contributed by atoms with Crippen molar-refractivity contribution in [1.29, 1.82) is 0 Å². The summed E-state index contributed by atoms with van der Waals surface area (Å²) < 4.78 is 0. The van der Waals surface area contributed by atoms with Crippen molar-refractivity contribution in [3.8, 4) is 0 Å². The molecule has 0 aliphatic heterocycles. The summed E-state index contributed by atoms with van der Waals surface area (Å²) in [5, 5.41) is 5.92. The third-order valence-corrected chi connectivity index (χ3v) is 3.70. The molecule has 0 aromatic heterocycles. The third kappa shape index (κ3) is 4.99. The Hall–Kier alpha value is -2.53. The molecule has 6 heteroatoms. The zero-order chi connectivity index (χ0) is 17.5. The van der Waals surface area contributed by atoms with Crippen molar-refractivity contribution in [2.75, 3.05) is 30.9 Å². The zero-order valence-corrected chi connectivity index (χ0v) is 14.4. The van der Waals surface area contributed by atoms with Gasteiger partial charge in [-0.1, -0.05) is 35.9 Å². The molecule has 0 fully saturated rings. The molecule has 0 unspecified atom stereocenters. The fourth-order valence-corrected chi connectivity index (χ4v) is 2.33. The van der Waals surface area contributed by atoms with Crippen LogP contribution in [0.1, 0.15) is 5.56 Å². The molecule has 0 saturated carbocycles. The summed E-state index contributed by atoms with van der Waals surface area (Å²) in [7, 11) is 3.74. The summed E-state index contributed by atoms with van der Waals surface area (Å²) in [6.07, 6.45) is 0.629. The van der Waals surface area contributed by atoms with E-state index < -0.39 is 11.8 Å². The molecular formula is C18H20ClN3O2. The molecule has 0 aliphatic rings. The molecule has 2 N–H and O–H groups in total. The predicted octanol–water partition coefficient (Wildman–Crippen LogP) is 2.70. The second-order valence-corrected chi connectivity index (χ2v) is 5.93. The number of carbonyl (C=O) groups excluding carboxylic acids is 2. The van der Waals surface area contributed by atoms with Gasteiger partial charge in [-0.15, -0.1) is 0 Å². The number of nitrogens with zero attached hydrogens (tertiary/aromatic N) is 1. The van der Waals surface area contributed by atoms with Crippen molar-refractivity contribution in [2.45, 2.75) is 6.42 Å². The molecule has 0 heterocycles. The fraction of sp³-hybridized carbons (Fsp3) is 0.222. The van der Waals surface area contributed by atoms with Crippen LogP contribution in [0.4, 0.5) is 11.4 Å². The lowest BCUT2D eigenvalue weighted by Gasteiger charge is -2.17. The fourth-order valence-electron chi connectivity index (χ4n) is 2.20. The second kappa shape index (κ2) is 8.36. The lowest BCUT2D eigenvalue weighted by molar-refractivity contribution is -0.136. The maximum absolute atomic E-state index is 12.0. The molecule has 5 nitrogen and oxygen atoms in total. The van der Waals surface area contributed by atoms with Crippen LogP contribution in [0.25, 0.3) is 0 Å². The lowest BCUT2D eigenvalue weighted by atomic mass is 10.1. The van der Waals surface area contributed by atoms with E-state index in [-0.39, 0.29) is 0 Å². The van der Waals surface area contributed by atoms with Gasteiger partial charge in [-0.25, -0.2) is 0 Å². The average Bonchev–Trinajstić information content (AvgIpc) is 2.56. The quantitative estimate of drug-likeness (QED) is 0.819. The first-order valence-corrected chi connectivity index (χ1v) is 7.95. The monoisotopic (exact) mass is 345 g/mol. The van der Waals surface area contributed by atoms with E-state index in [1.165, 1.54) is 0 Å². The van der Waals surface area contributed by atoms with Crippen LogP contribution in [0.5, 0.6) is 0 Å². The molecule has 0 atom stereocenters. The number of benzene rings is 2. The van der Waals surface area contributed by atoms with Gasteiger partial charge in [-0.05, 0) is 36.2 Å². The molecule has 126 valence electrons. The predicted molar refractivity (Wildman–Crippen MR) is 97.6 cm³/mol. The topological polar surface area (TPSA) is 61.4 Å². The maximum atomic E-state index is 12.0. The Morgan fingerprint density at radius 2 is 1.67 bits per heavy atom. The van der Waals surface area contributed by atoms with Gasteiger partial charge in [0.1, 0.15) is 0 Å². The Bertz CT molecular complexity index is 714. The van der Waals surface area contributed by atoms with Crippen LogP contribution in [0, 0.1) is 0 Å². The lowest BCUT2D eigenvalue weighted by Crippen LogP contribution is -2.36. The standard InChI is InChI=1S/C18H20ClN3O2/c1-22(2)16-6-4-3-5-15(16)21-18(24)17(23)20-12-11-13-7-9-14(19)10-8-13/h3-10H,11-12H2,1-2H3,(H,20,23)(H,21,24). The minimum absolute atomic E-state index is 0.378. The van der Waals surface area contributed by atoms with Gasteiger partial charge in [-0.3, -0.25) is 9.59 Å². The van der Waals surface area contributed by atoms with Gasteiger partial charge in [0, 0.05) is 25.7 Å². The van der Waals surface area contributed by atoms with Gasteiger partial charge < -0.3 is 15.5 Å². The van der Waals surface area contributed by atoms with Crippen molar-refractivity contribution >= 4 is 34.8 Å². The number of rotatable bonds is 5. The second-order valence-electron chi connectivity index (χ2n) is 5.50. The van der Waals surface area contributed by atoms with Crippen LogP contribution in [0.3, 0.4) is 0 Å². The number of amides is 2. The summed E-state index contributed by atoms with van der Waals surface area (Å²) in [4.78, 5) is 25.8. The first-order valence-electron chi connectivity index (χ1n) is 7.57. The summed E-state index contributed by atoms with van der Waals surface area (Å²) in [6, 6.07) is 14.7. The summed E-state index contributed by atoms with van der Waals surface area (Å²) in [6.45, 7) is 0.378.